The smallest absolute Gasteiger partial charge is 0.331 e. The van der Waals surface area contributed by atoms with E-state index in [1.165, 1.54) is 18.7 Å². The molecule has 2 atom stereocenters. The number of hydrazone groups is 1. The second kappa shape index (κ2) is 12.1. The molecule has 1 fully saturated rings. The lowest BCUT2D eigenvalue weighted by atomic mass is 9.82. The summed E-state index contributed by atoms with van der Waals surface area (Å²) in [6, 6.07) is 5.45. The summed E-state index contributed by atoms with van der Waals surface area (Å²) in [6.45, 7) is -0.0693. The number of carboxylic acids is 2. The van der Waals surface area contributed by atoms with Crippen molar-refractivity contribution in [2.24, 2.45) is 16.9 Å². The first-order valence-electron chi connectivity index (χ1n) is 11.6. The van der Waals surface area contributed by atoms with Crippen molar-refractivity contribution in [3.05, 3.63) is 59.3 Å². The molecule has 0 bridgehead atoms. The lowest BCUT2D eigenvalue weighted by Crippen LogP contribution is -2.48. The van der Waals surface area contributed by atoms with Gasteiger partial charge in [-0.25, -0.2) is 4.79 Å². The highest BCUT2D eigenvalue weighted by Crippen LogP contribution is 2.29. The fourth-order valence-electron chi connectivity index (χ4n) is 4.71. The number of ketones is 1. The quantitative estimate of drug-likeness (QED) is 0.220. The van der Waals surface area contributed by atoms with E-state index in [0.29, 0.717) is 12.3 Å². The van der Waals surface area contributed by atoms with Crippen LogP contribution in [0.1, 0.15) is 49.7 Å². The number of carbonyl (C=O) groups is 3. The molecule has 1 aromatic rings. The highest BCUT2D eigenvalue weighted by Gasteiger charge is 2.37. The molecule has 0 aromatic heterocycles. The Labute approximate surface area is 199 Å². The van der Waals surface area contributed by atoms with Gasteiger partial charge < -0.3 is 21.0 Å². The first-order valence-corrected chi connectivity index (χ1v) is 11.6. The van der Waals surface area contributed by atoms with E-state index >= 15 is 0 Å². The molecular weight excluding hydrogens is 436 g/mol. The largest absolute Gasteiger partial charge is 0.480 e. The third-order valence-electron chi connectivity index (χ3n) is 6.38. The standard InChI is InChI=1S/C25H32N4O5/c26-28-14-18-8-10-19(11-9-18)16-29-12-4-7-20(23(29)25(33)34)24(32)21(27-15-22(30)31)13-17-5-2-1-3-6-17/h4,7-12,14,17,21,23,27H,1-3,5-6,13,15-16,26H2,(H,30,31)(H,33,34)/t21-,23?/m1/s1. The number of carbonyl (C=O) groups excluding carboxylic acids is 1. The summed E-state index contributed by atoms with van der Waals surface area (Å²) >= 11 is 0. The van der Waals surface area contributed by atoms with Gasteiger partial charge in [0.15, 0.2) is 11.8 Å². The van der Waals surface area contributed by atoms with Crippen LogP contribution in [-0.4, -0.2) is 57.7 Å². The molecule has 0 radical (unpaired) electrons. The van der Waals surface area contributed by atoms with Crippen molar-refractivity contribution in [3.63, 3.8) is 0 Å². The molecule has 0 saturated heterocycles. The number of nitrogens with one attached hydrogen (secondary N) is 1. The molecule has 0 spiro atoms. The molecule has 1 heterocycles. The van der Waals surface area contributed by atoms with Crippen molar-refractivity contribution in [2.75, 3.05) is 6.54 Å². The maximum atomic E-state index is 13.5. The van der Waals surface area contributed by atoms with Crippen molar-refractivity contribution in [1.82, 2.24) is 10.2 Å². The van der Waals surface area contributed by atoms with Crippen LogP contribution in [0.15, 0.2) is 53.3 Å². The van der Waals surface area contributed by atoms with E-state index in [0.717, 1.165) is 36.8 Å². The summed E-state index contributed by atoms with van der Waals surface area (Å²) in [4.78, 5) is 38.6. The summed E-state index contributed by atoms with van der Waals surface area (Å²) in [6.07, 6.45) is 12.2. The minimum Gasteiger partial charge on any atom is -0.480 e. The Hall–Kier alpha value is -3.46. The van der Waals surface area contributed by atoms with Crippen LogP contribution in [-0.2, 0) is 20.9 Å². The maximum Gasteiger partial charge on any atom is 0.331 e. The molecule has 9 nitrogen and oxygen atoms in total. The molecule has 1 aliphatic carbocycles. The summed E-state index contributed by atoms with van der Waals surface area (Å²) in [5.41, 5.74) is 1.84. The first kappa shape index (κ1) is 25.2. The predicted octanol–water partition coefficient (Wildman–Crippen LogP) is 2.27. The fourth-order valence-corrected chi connectivity index (χ4v) is 4.71. The van der Waals surface area contributed by atoms with Gasteiger partial charge in [-0.1, -0.05) is 62.4 Å². The van der Waals surface area contributed by atoms with E-state index in [1.807, 2.05) is 24.3 Å². The highest BCUT2D eigenvalue weighted by atomic mass is 16.4. The van der Waals surface area contributed by atoms with Gasteiger partial charge in [0.1, 0.15) is 0 Å². The van der Waals surface area contributed by atoms with Crippen molar-refractivity contribution in [2.45, 2.75) is 57.2 Å². The maximum absolute atomic E-state index is 13.5. The third kappa shape index (κ3) is 6.77. The Balaban J connectivity index is 1.79. The van der Waals surface area contributed by atoms with Crippen LogP contribution in [0.25, 0.3) is 0 Å². The fraction of sp³-hybridized carbons (Fsp3) is 0.440. The molecule has 5 N–H and O–H groups in total. The second-order valence-corrected chi connectivity index (χ2v) is 8.83. The van der Waals surface area contributed by atoms with Gasteiger partial charge in [-0.3, -0.25) is 14.9 Å². The van der Waals surface area contributed by atoms with E-state index in [4.69, 9.17) is 10.9 Å². The molecular formula is C25H32N4O5. The zero-order chi connectivity index (χ0) is 24.5. The molecule has 9 heteroatoms. The van der Waals surface area contributed by atoms with Gasteiger partial charge in [0.25, 0.3) is 0 Å². The number of hydrogen-bond acceptors (Lipinski definition) is 7. The van der Waals surface area contributed by atoms with Crippen LogP contribution in [0.3, 0.4) is 0 Å². The number of allylic oxidation sites excluding steroid dienone is 2. The Morgan fingerprint density at radius 1 is 1.15 bits per heavy atom. The van der Waals surface area contributed by atoms with E-state index in [2.05, 4.69) is 10.4 Å². The van der Waals surface area contributed by atoms with Crippen molar-refractivity contribution in [3.8, 4) is 0 Å². The van der Waals surface area contributed by atoms with Crippen molar-refractivity contribution < 1.29 is 24.6 Å². The molecule has 0 amide bonds. The van der Waals surface area contributed by atoms with Gasteiger partial charge in [0.2, 0.25) is 0 Å². The number of benzene rings is 1. The van der Waals surface area contributed by atoms with Gasteiger partial charge in [0, 0.05) is 18.3 Å². The topological polar surface area (TPSA) is 145 Å². The summed E-state index contributed by atoms with van der Waals surface area (Å²) < 4.78 is 0. The molecule has 3 rings (SSSR count). The number of aliphatic carboxylic acids is 2. The average molecular weight is 469 g/mol. The van der Waals surface area contributed by atoms with E-state index < -0.39 is 24.0 Å². The molecule has 2 aliphatic rings. The van der Waals surface area contributed by atoms with Crippen molar-refractivity contribution >= 4 is 23.9 Å². The Bertz CT molecular complexity index is 964. The zero-order valence-corrected chi connectivity index (χ0v) is 19.1. The molecule has 1 saturated carbocycles. The Morgan fingerprint density at radius 2 is 1.85 bits per heavy atom. The predicted molar refractivity (Wildman–Crippen MR) is 128 cm³/mol. The minimum atomic E-state index is -1.16. The highest BCUT2D eigenvalue weighted by molar-refractivity contribution is 6.05. The van der Waals surface area contributed by atoms with E-state index in [9.17, 15) is 19.5 Å². The van der Waals surface area contributed by atoms with Crippen LogP contribution in [0, 0.1) is 5.92 Å². The summed E-state index contributed by atoms with van der Waals surface area (Å²) in [7, 11) is 0. The number of nitrogens with two attached hydrogens (primary N) is 1. The van der Waals surface area contributed by atoms with Gasteiger partial charge in [-0.2, -0.15) is 5.10 Å². The normalized spacial score (nSPS) is 19.7. The average Bonchev–Trinajstić information content (AvgIpc) is 2.83. The van der Waals surface area contributed by atoms with E-state index in [-0.39, 0.29) is 24.4 Å². The minimum absolute atomic E-state index is 0.153. The first-order chi connectivity index (χ1) is 16.4. The molecule has 34 heavy (non-hydrogen) atoms. The SMILES string of the molecule is NN=Cc1ccc(CN2C=CC=C(C(=O)[C@@H](CC3CCCCC3)NCC(=O)O)C2C(=O)O)cc1. The van der Waals surface area contributed by atoms with Crippen LogP contribution in [0.5, 0.6) is 0 Å². The number of Topliss-reactive ketones (excluding diaryl/α,β-unsaturated/α-hetero) is 1. The molecule has 1 unspecified atom stereocenters. The molecule has 1 aliphatic heterocycles. The Kier molecular flexibility index (Phi) is 8.98. The number of carboxylic acid groups (broad SMARTS) is 2. The molecule has 1 aromatic carbocycles. The van der Waals surface area contributed by atoms with Crippen LogP contribution in [0.4, 0.5) is 0 Å². The molecule has 182 valence electrons. The number of hydrogen-bond donors (Lipinski definition) is 4. The van der Waals surface area contributed by atoms with Crippen LogP contribution < -0.4 is 11.2 Å². The second-order valence-electron chi connectivity index (χ2n) is 8.83. The van der Waals surface area contributed by atoms with Crippen LogP contribution in [0.2, 0.25) is 0 Å². The zero-order valence-electron chi connectivity index (χ0n) is 19.1. The third-order valence-corrected chi connectivity index (χ3v) is 6.38. The lowest BCUT2D eigenvalue weighted by molar-refractivity contribution is -0.142. The Morgan fingerprint density at radius 3 is 2.47 bits per heavy atom. The lowest BCUT2D eigenvalue weighted by Gasteiger charge is -2.33. The van der Waals surface area contributed by atoms with Gasteiger partial charge in [-0.15, -0.1) is 0 Å². The van der Waals surface area contributed by atoms with Gasteiger partial charge in [-0.05, 0) is 29.5 Å². The monoisotopic (exact) mass is 468 g/mol. The van der Waals surface area contributed by atoms with Gasteiger partial charge in [0.05, 0.1) is 18.8 Å². The van der Waals surface area contributed by atoms with Gasteiger partial charge >= 0.3 is 11.9 Å². The summed E-state index contributed by atoms with van der Waals surface area (Å²) in [5.74, 6) is 2.94. The van der Waals surface area contributed by atoms with Crippen LogP contribution >= 0.6 is 0 Å². The number of nitrogens with zero attached hydrogens (tertiary/aromatic N) is 2. The summed E-state index contributed by atoms with van der Waals surface area (Å²) in [5, 5.41) is 25.5. The van der Waals surface area contributed by atoms with E-state index in [1.54, 1.807) is 17.2 Å². The van der Waals surface area contributed by atoms with Crippen molar-refractivity contribution in [1.29, 1.82) is 0 Å². The number of rotatable bonds is 11.